The Morgan fingerprint density at radius 2 is 1.81 bits per heavy atom. The first kappa shape index (κ1) is 15.4. The van der Waals surface area contributed by atoms with Crippen LogP contribution in [0.4, 0.5) is 13.2 Å². The highest BCUT2D eigenvalue weighted by Crippen LogP contribution is 2.22. The number of alkyl halides is 2. The lowest BCUT2D eigenvalue weighted by Crippen LogP contribution is -2.18. The summed E-state index contributed by atoms with van der Waals surface area (Å²) < 4.78 is 41.7. The molecule has 0 saturated heterocycles. The maximum absolute atomic E-state index is 13.2. The molecular weight excluding hydrogens is 279 g/mol. The molecule has 2 aromatic carbocycles. The van der Waals surface area contributed by atoms with Crippen LogP contribution in [0, 0.1) is 5.82 Å². The van der Waals surface area contributed by atoms with Crippen LogP contribution in [0.1, 0.15) is 17.2 Å². The topological polar surface area (TPSA) is 21.3 Å². The molecule has 1 unspecified atom stereocenters. The third-order valence-electron chi connectivity index (χ3n) is 3.18. The van der Waals surface area contributed by atoms with Gasteiger partial charge in [-0.25, -0.2) is 4.39 Å². The van der Waals surface area contributed by atoms with Gasteiger partial charge in [-0.05, 0) is 48.9 Å². The summed E-state index contributed by atoms with van der Waals surface area (Å²) in [6.45, 7) is -2.83. The molecule has 5 heteroatoms. The van der Waals surface area contributed by atoms with Gasteiger partial charge in [-0.15, -0.1) is 0 Å². The molecule has 0 amide bonds. The van der Waals surface area contributed by atoms with E-state index in [1.807, 2.05) is 6.07 Å². The Morgan fingerprint density at radius 1 is 1.10 bits per heavy atom. The largest absolute Gasteiger partial charge is 0.435 e. The lowest BCUT2D eigenvalue weighted by Gasteiger charge is -2.17. The summed E-state index contributed by atoms with van der Waals surface area (Å²) in [4.78, 5) is 0. The third kappa shape index (κ3) is 4.49. The molecule has 0 bridgehead atoms. The van der Waals surface area contributed by atoms with Crippen LogP contribution < -0.4 is 10.1 Å². The average Bonchev–Trinajstić information content (AvgIpc) is 2.45. The van der Waals surface area contributed by atoms with Crippen molar-refractivity contribution < 1.29 is 17.9 Å². The summed E-state index contributed by atoms with van der Waals surface area (Å²) >= 11 is 0. The van der Waals surface area contributed by atoms with Crippen LogP contribution in [0.5, 0.6) is 5.75 Å². The second-order valence-corrected chi connectivity index (χ2v) is 4.62. The normalized spacial score (nSPS) is 12.4. The fourth-order valence-corrected chi connectivity index (χ4v) is 2.17. The van der Waals surface area contributed by atoms with Crippen molar-refractivity contribution in [3.05, 3.63) is 65.5 Å². The van der Waals surface area contributed by atoms with Gasteiger partial charge in [-0.1, -0.05) is 24.3 Å². The first-order valence-corrected chi connectivity index (χ1v) is 6.55. The molecule has 1 N–H and O–H groups in total. The maximum Gasteiger partial charge on any atom is 0.387 e. The molecule has 0 aliphatic carbocycles. The van der Waals surface area contributed by atoms with Crippen LogP contribution in [0.3, 0.4) is 0 Å². The number of nitrogens with one attached hydrogen (secondary N) is 1. The highest BCUT2D eigenvalue weighted by molar-refractivity contribution is 5.30. The highest BCUT2D eigenvalue weighted by Gasteiger charge is 2.11. The van der Waals surface area contributed by atoms with Crippen molar-refractivity contribution in [2.75, 3.05) is 7.05 Å². The lowest BCUT2D eigenvalue weighted by molar-refractivity contribution is -0.0498. The van der Waals surface area contributed by atoms with Gasteiger partial charge in [0, 0.05) is 6.04 Å². The smallest absolute Gasteiger partial charge is 0.387 e. The fraction of sp³-hybridized carbons (Fsp3) is 0.250. The van der Waals surface area contributed by atoms with Gasteiger partial charge < -0.3 is 10.1 Å². The molecule has 0 aromatic heterocycles. The Morgan fingerprint density at radius 3 is 2.38 bits per heavy atom. The summed E-state index contributed by atoms with van der Waals surface area (Å²) in [6.07, 6.45) is 0.601. The predicted octanol–water partition coefficient (Wildman–Crippen LogP) is 3.93. The van der Waals surface area contributed by atoms with Crippen molar-refractivity contribution in [3.63, 3.8) is 0 Å². The molecule has 0 aliphatic rings. The summed E-state index contributed by atoms with van der Waals surface area (Å²) in [5.74, 6) is -0.155. The monoisotopic (exact) mass is 295 g/mol. The molecule has 0 radical (unpaired) electrons. The second kappa shape index (κ2) is 7.13. The number of rotatable bonds is 6. The van der Waals surface area contributed by atoms with Crippen molar-refractivity contribution in [2.45, 2.75) is 19.1 Å². The first-order chi connectivity index (χ1) is 10.1. The molecule has 2 nitrogen and oxygen atoms in total. The maximum atomic E-state index is 13.2. The summed E-state index contributed by atoms with van der Waals surface area (Å²) in [7, 11) is 1.80. The summed E-state index contributed by atoms with van der Waals surface area (Å²) in [5.41, 5.74) is 1.78. The van der Waals surface area contributed by atoms with E-state index >= 15 is 0 Å². The molecule has 2 aromatic rings. The molecule has 0 saturated carbocycles. The minimum atomic E-state index is -2.83. The number of likely N-dealkylation sites (N-methyl/N-ethyl adjacent to an activating group) is 1. The minimum absolute atomic E-state index is 0.0348. The quantitative estimate of drug-likeness (QED) is 0.872. The van der Waals surface area contributed by atoms with E-state index in [1.54, 1.807) is 25.2 Å². The third-order valence-corrected chi connectivity index (χ3v) is 3.18. The molecule has 2 rings (SSSR count). The Balaban J connectivity index is 2.10. The zero-order valence-corrected chi connectivity index (χ0v) is 11.5. The zero-order chi connectivity index (χ0) is 15.2. The van der Waals surface area contributed by atoms with Crippen molar-refractivity contribution in [1.82, 2.24) is 5.32 Å². The van der Waals surface area contributed by atoms with Gasteiger partial charge in [0.1, 0.15) is 11.6 Å². The van der Waals surface area contributed by atoms with Crippen LogP contribution in [-0.4, -0.2) is 13.7 Å². The van der Waals surface area contributed by atoms with E-state index in [2.05, 4.69) is 10.1 Å². The van der Waals surface area contributed by atoms with Crippen molar-refractivity contribution in [1.29, 1.82) is 0 Å². The van der Waals surface area contributed by atoms with E-state index in [4.69, 9.17) is 0 Å². The van der Waals surface area contributed by atoms with Crippen LogP contribution in [0.15, 0.2) is 48.5 Å². The lowest BCUT2D eigenvalue weighted by atomic mass is 9.99. The Bertz CT molecular complexity index is 572. The number of halogens is 3. The van der Waals surface area contributed by atoms with E-state index in [-0.39, 0.29) is 17.6 Å². The Hall–Kier alpha value is -2.01. The molecule has 21 heavy (non-hydrogen) atoms. The zero-order valence-electron chi connectivity index (χ0n) is 11.5. The van der Waals surface area contributed by atoms with Crippen LogP contribution in [0.2, 0.25) is 0 Å². The summed E-state index contributed by atoms with van der Waals surface area (Å²) in [5, 5.41) is 3.14. The SMILES string of the molecule is CNC(Cc1cccc(F)c1)c1ccc(OC(F)F)cc1. The number of hydrogen-bond acceptors (Lipinski definition) is 2. The standard InChI is InChI=1S/C16H16F3NO/c1-20-15(10-11-3-2-4-13(17)9-11)12-5-7-14(8-6-12)21-16(18)19/h2-9,15-16,20H,10H2,1H3. The van der Waals surface area contributed by atoms with Crippen LogP contribution >= 0.6 is 0 Å². The van der Waals surface area contributed by atoms with E-state index < -0.39 is 6.61 Å². The van der Waals surface area contributed by atoms with Gasteiger partial charge in [-0.2, -0.15) is 8.78 Å². The Labute approximate surface area is 121 Å². The average molecular weight is 295 g/mol. The number of ether oxygens (including phenoxy) is 1. The van der Waals surface area contributed by atoms with Gasteiger partial charge in [0.25, 0.3) is 0 Å². The van der Waals surface area contributed by atoms with Gasteiger partial charge in [0.2, 0.25) is 0 Å². The van der Waals surface area contributed by atoms with Gasteiger partial charge in [-0.3, -0.25) is 0 Å². The highest BCUT2D eigenvalue weighted by atomic mass is 19.3. The molecule has 1 atom stereocenters. The molecule has 0 heterocycles. The Kier molecular flexibility index (Phi) is 5.22. The molecule has 0 fully saturated rings. The van der Waals surface area contributed by atoms with E-state index in [9.17, 15) is 13.2 Å². The number of hydrogen-bond donors (Lipinski definition) is 1. The van der Waals surface area contributed by atoms with Gasteiger partial charge in [0.05, 0.1) is 0 Å². The molecular formula is C16H16F3NO. The van der Waals surface area contributed by atoms with E-state index in [0.717, 1.165) is 11.1 Å². The summed E-state index contributed by atoms with van der Waals surface area (Å²) in [6, 6.07) is 12.8. The molecule has 0 spiro atoms. The fourth-order valence-electron chi connectivity index (χ4n) is 2.17. The number of benzene rings is 2. The minimum Gasteiger partial charge on any atom is -0.435 e. The van der Waals surface area contributed by atoms with E-state index in [1.165, 1.54) is 24.3 Å². The van der Waals surface area contributed by atoms with Crippen LogP contribution in [-0.2, 0) is 6.42 Å². The van der Waals surface area contributed by atoms with E-state index in [0.29, 0.717) is 6.42 Å². The van der Waals surface area contributed by atoms with Crippen LogP contribution in [0.25, 0.3) is 0 Å². The van der Waals surface area contributed by atoms with Gasteiger partial charge >= 0.3 is 6.61 Å². The predicted molar refractivity (Wildman–Crippen MR) is 75.0 cm³/mol. The van der Waals surface area contributed by atoms with Crippen molar-refractivity contribution >= 4 is 0 Å². The van der Waals surface area contributed by atoms with Crippen molar-refractivity contribution in [2.24, 2.45) is 0 Å². The molecule has 0 aliphatic heterocycles. The second-order valence-electron chi connectivity index (χ2n) is 4.62. The first-order valence-electron chi connectivity index (χ1n) is 6.55. The molecule has 112 valence electrons. The van der Waals surface area contributed by atoms with Crippen molar-refractivity contribution in [3.8, 4) is 5.75 Å². The van der Waals surface area contributed by atoms with Gasteiger partial charge in [0.15, 0.2) is 0 Å².